The number of methoxy groups -OCH3 is 1. The standard InChI is InChI=1S/C48H57N11O9/c1-5-59-39(25-35(56-59)29-11-12-29)52-44-42-31-24-38(64-4)32(41-27(2)57-68-28(41)3)23-36(31)51-43(42)54-45(55-44)47(62)50-16-8-18-66-20-22-67-21-19-65-17-7-15-49-34-10-6-9-30-33(34)26-58(48(30)63)37-13-14-40(60)53-46(37)61/h6,9-10,23-25,29,37,49H,5,7-8,11-22,26H2,1-4H3,(H,50,62)(H,53,60,61)(H2,51,52,54,55). The van der Waals surface area contributed by atoms with E-state index in [2.05, 4.69) is 37.5 Å². The van der Waals surface area contributed by atoms with Crippen LogP contribution in [0.2, 0.25) is 0 Å². The zero-order valence-electron chi connectivity index (χ0n) is 38.8. The Balaban J connectivity index is 0.713. The second-order valence-electron chi connectivity index (χ2n) is 17.2. The number of anilines is 3. The summed E-state index contributed by atoms with van der Waals surface area (Å²) in [6, 6.07) is 10.9. The SMILES string of the molecule is CCn1nc(C2CC2)cc1Nc1nc(C(=O)NCCCOCCOCCOCCCNc2cccc3c2CN(C2CCC(=O)NC2=O)C3=O)nc2[nH]c3cc(-c4c(C)noc4C)c(OC)cc3c12. The van der Waals surface area contributed by atoms with Crippen molar-refractivity contribution in [3.63, 3.8) is 0 Å². The van der Waals surface area contributed by atoms with Crippen molar-refractivity contribution in [3.05, 3.63) is 70.5 Å². The number of H-pyrrole nitrogens is 1. The van der Waals surface area contributed by atoms with Gasteiger partial charge in [-0.3, -0.25) is 24.5 Å². The van der Waals surface area contributed by atoms with Gasteiger partial charge in [-0.2, -0.15) is 5.10 Å². The zero-order valence-corrected chi connectivity index (χ0v) is 38.8. The molecule has 2 fully saturated rings. The Bertz CT molecular complexity index is 2830. The van der Waals surface area contributed by atoms with E-state index in [-0.39, 0.29) is 24.1 Å². The van der Waals surface area contributed by atoms with Gasteiger partial charge in [-0.1, -0.05) is 11.2 Å². The van der Waals surface area contributed by atoms with Gasteiger partial charge in [0.25, 0.3) is 11.8 Å². The third-order valence-corrected chi connectivity index (χ3v) is 12.5. The molecule has 2 aromatic carbocycles. The first-order chi connectivity index (χ1) is 33.1. The van der Waals surface area contributed by atoms with Gasteiger partial charge >= 0.3 is 0 Å². The van der Waals surface area contributed by atoms with Crippen molar-refractivity contribution in [2.24, 2.45) is 0 Å². The Morgan fingerprint density at radius 2 is 1.69 bits per heavy atom. The van der Waals surface area contributed by atoms with Crippen molar-refractivity contribution in [1.82, 2.24) is 45.4 Å². The number of benzene rings is 2. The molecule has 2 aliphatic heterocycles. The van der Waals surface area contributed by atoms with Crippen molar-refractivity contribution in [1.29, 1.82) is 0 Å². The average Bonchev–Trinajstić information content (AvgIpc) is 3.71. The van der Waals surface area contributed by atoms with Gasteiger partial charge in [-0.25, -0.2) is 14.6 Å². The number of imide groups is 1. The fraction of sp³-hybridized carbons (Fsp3) is 0.458. The van der Waals surface area contributed by atoms with E-state index in [4.69, 9.17) is 38.5 Å². The Hall–Kier alpha value is -6.90. The summed E-state index contributed by atoms with van der Waals surface area (Å²) in [5.41, 5.74) is 7.00. The van der Waals surface area contributed by atoms with Gasteiger partial charge in [0.2, 0.25) is 17.6 Å². The van der Waals surface area contributed by atoms with Crippen LogP contribution in [0.1, 0.15) is 95.1 Å². The van der Waals surface area contributed by atoms with Crippen molar-refractivity contribution < 1.29 is 42.6 Å². The molecular formula is C48H57N11O9. The highest BCUT2D eigenvalue weighted by molar-refractivity contribution is 6.14. The van der Waals surface area contributed by atoms with Gasteiger partial charge < -0.3 is 49.3 Å². The number of rotatable bonds is 23. The number of amides is 4. The lowest BCUT2D eigenvalue weighted by atomic mass is 10.0. The summed E-state index contributed by atoms with van der Waals surface area (Å²) in [7, 11) is 1.63. The molecule has 20 heteroatoms. The summed E-state index contributed by atoms with van der Waals surface area (Å²) in [6.45, 7) is 10.4. The highest BCUT2D eigenvalue weighted by Crippen LogP contribution is 2.43. The van der Waals surface area contributed by atoms with Gasteiger partial charge in [0.1, 0.15) is 34.8 Å². The minimum Gasteiger partial charge on any atom is -0.496 e. The monoisotopic (exact) mass is 931 g/mol. The molecule has 1 saturated carbocycles. The van der Waals surface area contributed by atoms with E-state index in [0.29, 0.717) is 119 Å². The number of nitrogens with one attached hydrogen (secondary N) is 5. The number of nitrogens with zero attached hydrogens (tertiary/aromatic N) is 6. The molecular weight excluding hydrogens is 875 g/mol. The van der Waals surface area contributed by atoms with E-state index in [9.17, 15) is 19.2 Å². The van der Waals surface area contributed by atoms with Gasteiger partial charge in [0.15, 0.2) is 0 Å². The average molecular weight is 932 g/mol. The number of fused-ring (bicyclic) bond motifs is 4. The molecule has 68 heavy (non-hydrogen) atoms. The molecule has 358 valence electrons. The van der Waals surface area contributed by atoms with E-state index >= 15 is 0 Å². The summed E-state index contributed by atoms with van der Waals surface area (Å²) in [6.07, 6.45) is 4.11. The van der Waals surface area contributed by atoms with Crippen LogP contribution >= 0.6 is 0 Å². The number of carbonyl (C=O) groups excluding carboxylic acids is 4. The minimum atomic E-state index is -0.649. The first kappa shape index (κ1) is 46.2. The lowest BCUT2D eigenvalue weighted by molar-refractivity contribution is -0.136. The van der Waals surface area contributed by atoms with Crippen LogP contribution in [0.15, 0.2) is 40.9 Å². The fourth-order valence-electron chi connectivity index (χ4n) is 8.87. The van der Waals surface area contributed by atoms with Crippen LogP contribution in [0, 0.1) is 13.8 Å². The van der Waals surface area contributed by atoms with Crippen LogP contribution in [0.5, 0.6) is 5.75 Å². The molecule has 20 nitrogen and oxygen atoms in total. The number of aromatic amines is 1. The summed E-state index contributed by atoms with van der Waals surface area (Å²) < 4.78 is 30.4. The van der Waals surface area contributed by atoms with Crippen LogP contribution in [-0.4, -0.2) is 124 Å². The van der Waals surface area contributed by atoms with Crippen LogP contribution in [0.4, 0.5) is 17.3 Å². The number of aryl methyl sites for hydroxylation is 3. The second kappa shape index (κ2) is 20.5. The maximum absolute atomic E-state index is 13.6. The highest BCUT2D eigenvalue weighted by atomic mass is 16.5. The van der Waals surface area contributed by atoms with Crippen molar-refractivity contribution in [2.45, 2.75) is 84.3 Å². The van der Waals surface area contributed by atoms with E-state index in [1.807, 2.05) is 49.7 Å². The Kier molecular flexibility index (Phi) is 14.0. The first-order valence-electron chi connectivity index (χ1n) is 23.3. The molecule has 1 unspecified atom stereocenters. The molecule has 4 aromatic heterocycles. The normalized spacial score (nSPS) is 15.9. The maximum Gasteiger partial charge on any atom is 0.289 e. The minimum absolute atomic E-state index is 0.0133. The Morgan fingerprint density at radius 3 is 2.40 bits per heavy atom. The second-order valence-corrected chi connectivity index (χ2v) is 17.2. The molecule has 1 atom stereocenters. The molecule has 6 aromatic rings. The van der Waals surface area contributed by atoms with Crippen LogP contribution in [-0.2, 0) is 36.9 Å². The molecule has 0 bridgehead atoms. The Morgan fingerprint density at radius 1 is 0.926 bits per heavy atom. The van der Waals surface area contributed by atoms with E-state index in [1.165, 1.54) is 0 Å². The largest absolute Gasteiger partial charge is 0.496 e. The van der Waals surface area contributed by atoms with E-state index in [1.54, 1.807) is 18.1 Å². The summed E-state index contributed by atoms with van der Waals surface area (Å²) in [5, 5.41) is 22.7. The lowest BCUT2D eigenvalue weighted by Gasteiger charge is -2.29. The molecule has 5 N–H and O–H groups in total. The number of hydrogen-bond acceptors (Lipinski definition) is 15. The molecule has 4 amide bonds. The van der Waals surface area contributed by atoms with Crippen LogP contribution < -0.4 is 26.0 Å². The van der Waals surface area contributed by atoms with Crippen molar-refractivity contribution in [2.75, 3.05) is 70.5 Å². The summed E-state index contributed by atoms with van der Waals surface area (Å²) >= 11 is 0. The van der Waals surface area contributed by atoms with Crippen LogP contribution in [0.25, 0.3) is 33.1 Å². The summed E-state index contributed by atoms with van der Waals surface area (Å²) in [4.78, 5) is 65.2. The molecule has 1 saturated heterocycles. The highest BCUT2D eigenvalue weighted by Gasteiger charge is 2.40. The number of ether oxygens (including phenoxy) is 4. The fourth-order valence-corrected chi connectivity index (χ4v) is 8.87. The quantitative estimate of drug-likeness (QED) is 0.0385. The van der Waals surface area contributed by atoms with E-state index < -0.39 is 17.9 Å². The molecule has 1 aliphatic carbocycles. The number of hydrogen-bond donors (Lipinski definition) is 5. The Labute approximate surface area is 392 Å². The van der Waals surface area contributed by atoms with Gasteiger partial charge in [-0.05, 0) is 77.1 Å². The lowest BCUT2D eigenvalue weighted by Crippen LogP contribution is -2.52. The molecule has 0 radical (unpaired) electrons. The molecule has 0 spiro atoms. The molecule has 6 heterocycles. The maximum atomic E-state index is 13.6. The third kappa shape index (κ3) is 9.88. The summed E-state index contributed by atoms with van der Waals surface area (Å²) in [5.74, 6) is 1.69. The van der Waals surface area contributed by atoms with E-state index in [0.717, 1.165) is 69.7 Å². The van der Waals surface area contributed by atoms with Crippen molar-refractivity contribution in [3.8, 4) is 16.9 Å². The molecule has 9 rings (SSSR count). The van der Waals surface area contributed by atoms with Gasteiger partial charge in [-0.15, -0.1) is 0 Å². The number of aromatic nitrogens is 6. The topological polar surface area (TPSA) is 242 Å². The first-order valence-corrected chi connectivity index (χ1v) is 23.3. The van der Waals surface area contributed by atoms with Gasteiger partial charge in [0, 0.05) is 91.1 Å². The third-order valence-electron chi connectivity index (χ3n) is 12.5. The number of carbonyl (C=O) groups is 4. The van der Waals surface area contributed by atoms with Crippen LogP contribution in [0.3, 0.4) is 0 Å². The predicted octanol–water partition coefficient (Wildman–Crippen LogP) is 5.66. The number of piperidine rings is 1. The smallest absolute Gasteiger partial charge is 0.289 e. The zero-order chi connectivity index (χ0) is 47.3. The predicted molar refractivity (Wildman–Crippen MR) is 251 cm³/mol. The molecule has 3 aliphatic rings. The van der Waals surface area contributed by atoms with Crippen molar-refractivity contribution >= 4 is 62.9 Å². The van der Waals surface area contributed by atoms with Gasteiger partial charge in [0.05, 0.1) is 55.9 Å².